The number of thiophene rings is 1. The van der Waals surface area contributed by atoms with Gasteiger partial charge in [0.1, 0.15) is 17.0 Å². The lowest BCUT2D eigenvalue weighted by molar-refractivity contribution is -0.131. The maximum atomic E-state index is 12.4. The van der Waals surface area contributed by atoms with Gasteiger partial charge in [-0.2, -0.15) is 0 Å². The number of anilines is 1. The fourth-order valence-electron chi connectivity index (χ4n) is 3.07. The second-order valence-electron chi connectivity index (χ2n) is 9.32. The van der Waals surface area contributed by atoms with Gasteiger partial charge in [0.05, 0.1) is 44.1 Å². The summed E-state index contributed by atoms with van der Waals surface area (Å²) in [5.74, 6) is 5.68. The summed E-state index contributed by atoms with van der Waals surface area (Å²) in [6.45, 7) is 8.94. The fraction of sp³-hybridized carbons (Fsp3) is 0.625. The standard InChI is InChI=1S/C18H24N2O4S.C6H12N2O2/c1-18(2,3)7-6-12-10-13(15(25-12)17(22)23-5)19-14-11-24-9-8-20(4)16(14)21;1-8-2-3-10-4-5(7)6(8)9/h10,14,19H,8-9,11H2,1-5H3;5H,2-4,7H2,1H3/t14-;5-/m00/s1. The van der Waals surface area contributed by atoms with Crippen LogP contribution in [0.1, 0.15) is 35.3 Å². The van der Waals surface area contributed by atoms with E-state index in [9.17, 15) is 14.4 Å². The zero-order chi connectivity index (χ0) is 26.2. The molecule has 2 aliphatic heterocycles. The first-order valence-corrected chi connectivity index (χ1v) is 12.2. The number of hydrogen-bond donors (Lipinski definition) is 2. The van der Waals surface area contributed by atoms with E-state index in [-0.39, 0.29) is 23.8 Å². The van der Waals surface area contributed by atoms with Crippen LogP contribution < -0.4 is 11.1 Å². The van der Waals surface area contributed by atoms with Crippen LogP contribution in [0.4, 0.5) is 5.69 Å². The van der Waals surface area contributed by atoms with Crippen molar-refractivity contribution in [2.24, 2.45) is 11.1 Å². The minimum absolute atomic E-state index is 0.0301. The van der Waals surface area contributed by atoms with E-state index in [1.54, 1.807) is 30.0 Å². The Balaban J connectivity index is 0.000000360. The van der Waals surface area contributed by atoms with Crippen molar-refractivity contribution in [1.29, 1.82) is 0 Å². The van der Waals surface area contributed by atoms with Gasteiger partial charge in [0.25, 0.3) is 0 Å². The molecule has 0 spiro atoms. The third-order valence-electron chi connectivity index (χ3n) is 5.09. The Morgan fingerprint density at radius 2 is 1.74 bits per heavy atom. The van der Waals surface area contributed by atoms with Crippen molar-refractivity contribution in [3.05, 3.63) is 15.8 Å². The van der Waals surface area contributed by atoms with E-state index < -0.39 is 18.1 Å². The molecule has 0 bridgehead atoms. The molecule has 2 fully saturated rings. The number of likely N-dealkylation sites (N-methyl/N-ethyl adjacent to an activating group) is 2. The van der Waals surface area contributed by atoms with E-state index in [0.29, 0.717) is 43.5 Å². The van der Waals surface area contributed by atoms with Crippen molar-refractivity contribution in [3.63, 3.8) is 0 Å². The van der Waals surface area contributed by atoms with Crippen LogP contribution in [0.15, 0.2) is 6.07 Å². The quantitative estimate of drug-likeness (QED) is 0.458. The maximum absolute atomic E-state index is 12.4. The zero-order valence-electron chi connectivity index (χ0n) is 21.3. The first kappa shape index (κ1) is 28.6. The van der Waals surface area contributed by atoms with Crippen molar-refractivity contribution in [2.45, 2.75) is 32.9 Å². The van der Waals surface area contributed by atoms with Crippen LogP contribution >= 0.6 is 11.3 Å². The molecule has 2 atom stereocenters. The second-order valence-corrected chi connectivity index (χ2v) is 10.4. The molecule has 0 unspecified atom stereocenters. The fourth-order valence-corrected chi connectivity index (χ4v) is 3.96. The highest BCUT2D eigenvalue weighted by molar-refractivity contribution is 7.15. The zero-order valence-corrected chi connectivity index (χ0v) is 22.1. The minimum Gasteiger partial charge on any atom is -0.465 e. The number of esters is 1. The lowest BCUT2D eigenvalue weighted by Gasteiger charge is -2.20. The molecule has 3 heterocycles. The molecule has 0 aliphatic carbocycles. The minimum atomic E-state index is -0.547. The smallest absolute Gasteiger partial charge is 0.350 e. The summed E-state index contributed by atoms with van der Waals surface area (Å²) >= 11 is 1.25. The van der Waals surface area contributed by atoms with Crippen molar-refractivity contribution in [1.82, 2.24) is 9.80 Å². The number of rotatable bonds is 3. The van der Waals surface area contributed by atoms with Gasteiger partial charge in [-0.25, -0.2) is 4.79 Å². The van der Waals surface area contributed by atoms with Crippen LogP contribution in [0.2, 0.25) is 0 Å². The highest BCUT2D eigenvalue weighted by Gasteiger charge is 2.28. The number of nitrogens with one attached hydrogen (secondary N) is 1. The molecule has 3 rings (SSSR count). The Labute approximate surface area is 211 Å². The normalized spacial score (nSPS) is 21.1. The predicted molar refractivity (Wildman–Crippen MR) is 134 cm³/mol. The number of hydrogen-bond acceptors (Lipinski definition) is 9. The highest BCUT2D eigenvalue weighted by Crippen LogP contribution is 2.29. The van der Waals surface area contributed by atoms with Gasteiger partial charge in [-0.1, -0.05) is 11.8 Å². The van der Waals surface area contributed by atoms with Gasteiger partial charge in [0, 0.05) is 32.6 Å². The molecular weight excluding hydrogens is 472 g/mol. The number of nitrogens with zero attached hydrogens (tertiary/aromatic N) is 2. The molecule has 2 amide bonds. The van der Waals surface area contributed by atoms with E-state index in [1.807, 2.05) is 20.8 Å². The maximum Gasteiger partial charge on any atom is 0.350 e. The molecule has 2 saturated heterocycles. The Hall–Kier alpha value is -2.65. The average Bonchev–Trinajstić information content (AvgIpc) is 3.08. The van der Waals surface area contributed by atoms with Crippen LogP contribution in [0.25, 0.3) is 0 Å². The molecular formula is C24H36N4O6S. The molecule has 11 heteroatoms. The van der Waals surface area contributed by atoms with Crippen LogP contribution in [0.3, 0.4) is 0 Å². The number of carbonyl (C=O) groups excluding carboxylic acids is 3. The molecule has 0 saturated carbocycles. The summed E-state index contributed by atoms with van der Waals surface area (Å²) in [7, 11) is 4.80. The van der Waals surface area contributed by atoms with Gasteiger partial charge in [-0.15, -0.1) is 11.3 Å². The van der Waals surface area contributed by atoms with Gasteiger partial charge < -0.3 is 35.1 Å². The number of nitrogens with two attached hydrogens (primary N) is 1. The van der Waals surface area contributed by atoms with Gasteiger partial charge in [-0.05, 0) is 26.8 Å². The molecule has 0 aromatic carbocycles. The second kappa shape index (κ2) is 12.9. The van der Waals surface area contributed by atoms with E-state index in [4.69, 9.17) is 19.9 Å². The van der Waals surface area contributed by atoms with Gasteiger partial charge >= 0.3 is 5.97 Å². The number of ether oxygens (including phenoxy) is 3. The largest absolute Gasteiger partial charge is 0.465 e. The molecule has 3 N–H and O–H groups in total. The van der Waals surface area contributed by atoms with Crippen LogP contribution in [0.5, 0.6) is 0 Å². The van der Waals surface area contributed by atoms with Crippen LogP contribution in [-0.2, 0) is 23.8 Å². The summed E-state index contributed by atoms with van der Waals surface area (Å²) < 4.78 is 15.4. The number of methoxy groups -OCH3 is 1. The van der Waals surface area contributed by atoms with E-state index in [2.05, 4.69) is 17.2 Å². The van der Waals surface area contributed by atoms with Crippen LogP contribution in [0, 0.1) is 17.3 Å². The summed E-state index contributed by atoms with van der Waals surface area (Å²) in [6.07, 6.45) is 0. The first-order valence-electron chi connectivity index (χ1n) is 11.4. The Bertz CT molecular complexity index is 947. The molecule has 1 aromatic heterocycles. The Morgan fingerprint density at radius 1 is 1.14 bits per heavy atom. The molecule has 2 aliphatic rings. The summed E-state index contributed by atoms with van der Waals surface area (Å²) in [4.78, 5) is 39.9. The molecule has 0 radical (unpaired) electrons. The topological polar surface area (TPSA) is 123 Å². The lowest BCUT2D eigenvalue weighted by Crippen LogP contribution is -2.42. The molecule has 35 heavy (non-hydrogen) atoms. The SMILES string of the molecule is CN1CCOC[C@H](N)C1=O.COC(=O)c1sc(C#CC(C)(C)C)cc1N[C@H]1COCCN(C)C1=O. The summed E-state index contributed by atoms with van der Waals surface area (Å²) in [5.41, 5.74) is 5.86. The van der Waals surface area contributed by atoms with Crippen molar-refractivity contribution >= 4 is 34.8 Å². The van der Waals surface area contributed by atoms with Gasteiger partial charge in [-0.3, -0.25) is 9.59 Å². The van der Waals surface area contributed by atoms with Crippen molar-refractivity contribution in [3.8, 4) is 11.8 Å². The molecule has 194 valence electrons. The lowest BCUT2D eigenvalue weighted by atomic mass is 9.98. The van der Waals surface area contributed by atoms with Gasteiger partial charge in [0.2, 0.25) is 11.8 Å². The molecule has 10 nitrogen and oxygen atoms in total. The third-order valence-corrected chi connectivity index (χ3v) is 6.12. The first-order chi connectivity index (χ1) is 16.4. The third kappa shape index (κ3) is 8.81. The van der Waals surface area contributed by atoms with E-state index in [1.165, 1.54) is 18.4 Å². The monoisotopic (exact) mass is 508 g/mol. The molecule has 1 aromatic rings. The number of carbonyl (C=O) groups is 3. The van der Waals surface area contributed by atoms with Crippen molar-refractivity contribution in [2.75, 3.05) is 66.0 Å². The summed E-state index contributed by atoms with van der Waals surface area (Å²) in [6, 6.07) is 0.773. The predicted octanol–water partition coefficient (Wildman–Crippen LogP) is 1.00. The van der Waals surface area contributed by atoms with Crippen LogP contribution in [-0.4, -0.2) is 100 Å². The summed E-state index contributed by atoms with van der Waals surface area (Å²) in [5, 5.41) is 3.13. The Kier molecular flexibility index (Phi) is 10.5. The van der Waals surface area contributed by atoms with Crippen molar-refractivity contribution < 1.29 is 28.6 Å². The van der Waals surface area contributed by atoms with E-state index >= 15 is 0 Å². The number of amides is 2. The highest BCUT2D eigenvalue weighted by atomic mass is 32.1. The Morgan fingerprint density at radius 3 is 2.34 bits per heavy atom. The van der Waals surface area contributed by atoms with Gasteiger partial charge in [0.15, 0.2) is 0 Å². The average molecular weight is 509 g/mol. The van der Waals surface area contributed by atoms with E-state index in [0.717, 1.165) is 4.88 Å².